The van der Waals surface area contributed by atoms with Crippen molar-refractivity contribution in [1.29, 1.82) is 0 Å². The van der Waals surface area contributed by atoms with Gasteiger partial charge in [0.25, 0.3) is 5.91 Å². The van der Waals surface area contributed by atoms with Gasteiger partial charge in [0.15, 0.2) is 5.69 Å². The van der Waals surface area contributed by atoms with Crippen LogP contribution in [-0.2, 0) is 0 Å². The summed E-state index contributed by atoms with van der Waals surface area (Å²) in [6.07, 6.45) is -4.76. The van der Waals surface area contributed by atoms with Crippen molar-refractivity contribution in [3.63, 3.8) is 0 Å². The minimum atomic E-state index is -4.76. The molecule has 0 atom stereocenters. The first kappa shape index (κ1) is 14.7. The third-order valence-corrected chi connectivity index (χ3v) is 2.56. The zero-order chi connectivity index (χ0) is 15.6. The van der Waals surface area contributed by atoms with Crippen LogP contribution in [0, 0.1) is 6.92 Å². The van der Waals surface area contributed by atoms with Crippen LogP contribution in [0.15, 0.2) is 24.3 Å². The Morgan fingerprint density at radius 2 is 1.95 bits per heavy atom. The minimum absolute atomic E-state index is 0.0168. The number of rotatable bonds is 3. The lowest BCUT2D eigenvalue weighted by atomic mass is 10.2. The number of benzene rings is 1. The lowest BCUT2D eigenvalue weighted by molar-refractivity contribution is -0.274. The first-order valence-corrected chi connectivity index (χ1v) is 5.74. The number of carbonyl (C=O) groups excluding carboxylic acids is 1. The van der Waals surface area contributed by atoms with Crippen LogP contribution in [0.25, 0.3) is 0 Å². The summed E-state index contributed by atoms with van der Waals surface area (Å²) in [5, 5.41) is 8.76. The van der Waals surface area contributed by atoms with E-state index in [1.165, 1.54) is 12.1 Å². The smallest absolute Gasteiger partial charge is 0.406 e. The van der Waals surface area contributed by atoms with E-state index in [0.717, 1.165) is 12.1 Å². The first-order chi connectivity index (χ1) is 9.76. The number of halogens is 3. The second kappa shape index (κ2) is 5.35. The fourth-order valence-corrected chi connectivity index (χ4v) is 1.54. The molecule has 2 rings (SSSR count). The zero-order valence-electron chi connectivity index (χ0n) is 10.8. The van der Waals surface area contributed by atoms with E-state index >= 15 is 0 Å². The molecular weight excluding hydrogens is 289 g/mol. The fourth-order valence-electron chi connectivity index (χ4n) is 1.54. The number of ether oxygens (including phenoxy) is 1. The van der Waals surface area contributed by atoms with Crippen LogP contribution in [0.5, 0.6) is 5.75 Å². The Labute approximate surface area is 117 Å². The number of alkyl halides is 3. The van der Waals surface area contributed by atoms with Crippen molar-refractivity contribution >= 4 is 17.3 Å². The number of aryl methyl sites for hydroxylation is 1. The molecule has 4 N–H and O–H groups in total. The Kier molecular flexibility index (Phi) is 3.74. The average molecular weight is 300 g/mol. The van der Waals surface area contributed by atoms with Gasteiger partial charge < -0.3 is 15.8 Å². The lowest BCUT2D eigenvalue weighted by Crippen LogP contribution is -2.17. The molecular formula is C12H11F3N4O2. The number of H-pyrrole nitrogens is 1. The summed E-state index contributed by atoms with van der Waals surface area (Å²) in [5.74, 6) is -0.947. The van der Waals surface area contributed by atoms with Crippen molar-refractivity contribution in [2.24, 2.45) is 0 Å². The highest BCUT2D eigenvalue weighted by molar-refractivity contribution is 6.06. The standard InChI is InChI=1S/C12H11F3N4O2/c1-6-9(16)10(19-18-6)11(20)17-7-2-4-8(5-3-7)21-12(13,14)15/h2-5H,16H2,1H3,(H,17,20)(H,18,19). The first-order valence-electron chi connectivity index (χ1n) is 5.74. The summed E-state index contributed by atoms with van der Waals surface area (Å²) in [7, 11) is 0. The summed E-state index contributed by atoms with van der Waals surface area (Å²) in [6.45, 7) is 1.66. The van der Waals surface area contributed by atoms with Crippen LogP contribution in [-0.4, -0.2) is 22.5 Å². The van der Waals surface area contributed by atoms with Crippen LogP contribution in [0.4, 0.5) is 24.5 Å². The number of carbonyl (C=O) groups is 1. The number of nitrogens with two attached hydrogens (primary N) is 1. The molecule has 112 valence electrons. The summed E-state index contributed by atoms with van der Waals surface area (Å²) in [5.41, 5.74) is 6.72. The maximum atomic E-state index is 12.0. The molecule has 0 aliphatic rings. The Balaban J connectivity index is 2.07. The second-order valence-electron chi connectivity index (χ2n) is 4.14. The molecule has 0 saturated carbocycles. The van der Waals surface area contributed by atoms with Gasteiger partial charge in [-0.15, -0.1) is 13.2 Å². The molecule has 0 aliphatic carbocycles. The summed E-state index contributed by atoms with van der Waals surface area (Å²) >= 11 is 0. The fraction of sp³-hybridized carbons (Fsp3) is 0.167. The Morgan fingerprint density at radius 1 is 1.33 bits per heavy atom. The van der Waals surface area contributed by atoms with Gasteiger partial charge in [0.2, 0.25) is 0 Å². The number of hydrogen-bond donors (Lipinski definition) is 3. The molecule has 1 aromatic carbocycles. The van der Waals surface area contributed by atoms with E-state index in [1.54, 1.807) is 6.92 Å². The van der Waals surface area contributed by atoms with Gasteiger partial charge in [-0.1, -0.05) is 0 Å². The molecule has 2 aromatic rings. The maximum absolute atomic E-state index is 12.0. The van der Waals surface area contributed by atoms with Gasteiger partial charge in [-0.05, 0) is 31.2 Å². The van der Waals surface area contributed by atoms with Gasteiger partial charge >= 0.3 is 6.36 Å². The van der Waals surface area contributed by atoms with Crippen molar-refractivity contribution in [3.8, 4) is 5.75 Å². The molecule has 9 heteroatoms. The van der Waals surface area contributed by atoms with Gasteiger partial charge in [-0.2, -0.15) is 5.10 Å². The molecule has 0 fully saturated rings. The third-order valence-electron chi connectivity index (χ3n) is 2.56. The second-order valence-corrected chi connectivity index (χ2v) is 4.14. The number of hydrogen-bond acceptors (Lipinski definition) is 4. The van der Waals surface area contributed by atoms with Crippen LogP contribution < -0.4 is 15.8 Å². The summed E-state index contributed by atoms with van der Waals surface area (Å²) in [4.78, 5) is 11.9. The van der Waals surface area contributed by atoms with E-state index < -0.39 is 12.3 Å². The summed E-state index contributed by atoms with van der Waals surface area (Å²) < 4.78 is 39.7. The van der Waals surface area contributed by atoms with Gasteiger partial charge in [0.05, 0.1) is 11.4 Å². The third kappa shape index (κ3) is 3.65. The number of amides is 1. The molecule has 21 heavy (non-hydrogen) atoms. The van der Waals surface area contributed by atoms with Crippen molar-refractivity contribution in [2.75, 3.05) is 11.1 Å². The van der Waals surface area contributed by atoms with Crippen LogP contribution in [0.3, 0.4) is 0 Å². The predicted octanol–water partition coefficient (Wildman–Crippen LogP) is 2.45. The molecule has 1 amide bonds. The van der Waals surface area contributed by atoms with Gasteiger partial charge in [0, 0.05) is 5.69 Å². The number of aromatic amines is 1. The SMILES string of the molecule is Cc1[nH]nc(C(=O)Nc2ccc(OC(F)(F)F)cc2)c1N. The van der Waals surface area contributed by atoms with Crippen molar-refractivity contribution < 1.29 is 22.7 Å². The molecule has 0 saturated heterocycles. The Hall–Kier alpha value is -2.71. The number of nitrogens with one attached hydrogen (secondary N) is 2. The van der Waals surface area contributed by atoms with Crippen LogP contribution >= 0.6 is 0 Å². The quantitative estimate of drug-likeness (QED) is 0.811. The maximum Gasteiger partial charge on any atom is 0.573 e. The van der Waals surface area contributed by atoms with Crippen LogP contribution in [0.1, 0.15) is 16.2 Å². The molecule has 0 radical (unpaired) electrons. The Bertz CT molecular complexity index is 650. The molecule has 1 aromatic heterocycles. The number of anilines is 2. The van der Waals surface area contributed by atoms with Crippen molar-refractivity contribution in [2.45, 2.75) is 13.3 Å². The van der Waals surface area contributed by atoms with Crippen LogP contribution in [0.2, 0.25) is 0 Å². The predicted molar refractivity (Wildman–Crippen MR) is 68.8 cm³/mol. The highest BCUT2D eigenvalue weighted by atomic mass is 19.4. The van der Waals surface area contributed by atoms with Crippen molar-refractivity contribution in [1.82, 2.24) is 10.2 Å². The number of aromatic nitrogens is 2. The highest BCUT2D eigenvalue weighted by Crippen LogP contribution is 2.24. The molecule has 6 nitrogen and oxygen atoms in total. The van der Waals surface area contributed by atoms with E-state index in [9.17, 15) is 18.0 Å². The lowest BCUT2D eigenvalue weighted by Gasteiger charge is -2.09. The highest BCUT2D eigenvalue weighted by Gasteiger charge is 2.31. The molecule has 0 spiro atoms. The van der Waals surface area contributed by atoms with E-state index in [2.05, 4.69) is 20.3 Å². The normalized spacial score (nSPS) is 11.2. The summed E-state index contributed by atoms with van der Waals surface area (Å²) in [6, 6.07) is 4.72. The molecule has 0 aliphatic heterocycles. The Morgan fingerprint density at radius 3 is 2.43 bits per heavy atom. The molecule has 0 bridgehead atoms. The molecule has 1 heterocycles. The minimum Gasteiger partial charge on any atom is -0.406 e. The average Bonchev–Trinajstić information content (AvgIpc) is 2.71. The number of nitrogens with zero attached hydrogens (tertiary/aromatic N) is 1. The largest absolute Gasteiger partial charge is 0.573 e. The molecule has 0 unspecified atom stereocenters. The van der Waals surface area contributed by atoms with Crippen molar-refractivity contribution in [3.05, 3.63) is 35.7 Å². The number of nitrogen functional groups attached to an aromatic ring is 1. The topological polar surface area (TPSA) is 93.0 Å². The monoisotopic (exact) mass is 300 g/mol. The van der Waals surface area contributed by atoms with E-state index in [-0.39, 0.29) is 22.8 Å². The zero-order valence-corrected chi connectivity index (χ0v) is 10.8. The van der Waals surface area contributed by atoms with E-state index in [1.807, 2.05) is 0 Å². The van der Waals surface area contributed by atoms with E-state index in [4.69, 9.17) is 5.73 Å². The van der Waals surface area contributed by atoms with Gasteiger partial charge in [-0.25, -0.2) is 0 Å². The van der Waals surface area contributed by atoms with Gasteiger partial charge in [-0.3, -0.25) is 9.89 Å². The van der Waals surface area contributed by atoms with Gasteiger partial charge in [0.1, 0.15) is 5.75 Å². The van der Waals surface area contributed by atoms with E-state index in [0.29, 0.717) is 5.69 Å².